The van der Waals surface area contributed by atoms with Crippen molar-refractivity contribution >= 4 is 17.9 Å². The van der Waals surface area contributed by atoms with Crippen LogP contribution in [0.25, 0.3) is 0 Å². The quantitative estimate of drug-likeness (QED) is 0.0261. The summed E-state index contributed by atoms with van der Waals surface area (Å²) < 4.78 is 16.8. The van der Waals surface area contributed by atoms with Crippen LogP contribution in [0.4, 0.5) is 0 Å². The summed E-state index contributed by atoms with van der Waals surface area (Å²) in [5.74, 6) is -0.994. The van der Waals surface area contributed by atoms with Crippen molar-refractivity contribution in [2.45, 2.75) is 284 Å². The van der Waals surface area contributed by atoms with Crippen LogP contribution >= 0.6 is 0 Å². The molecule has 0 saturated carbocycles. The third-order valence-electron chi connectivity index (χ3n) is 12.6. The van der Waals surface area contributed by atoms with Gasteiger partial charge in [-0.3, -0.25) is 14.4 Å². The van der Waals surface area contributed by atoms with Crippen molar-refractivity contribution in [3.63, 3.8) is 0 Å². The molecule has 71 heavy (non-hydrogen) atoms. The van der Waals surface area contributed by atoms with Crippen LogP contribution in [0.2, 0.25) is 0 Å². The summed E-state index contributed by atoms with van der Waals surface area (Å²) >= 11 is 0. The predicted molar refractivity (Wildman–Crippen MR) is 307 cm³/mol. The number of carbonyl (C=O) groups is 3. The first-order valence-electron chi connectivity index (χ1n) is 29.7. The second-order valence-corrected chi connectivity index (χ2v) is 19.5. The molecule has 0 aromatic heterocycles. The number of hydrogen-bond donors (Lipinski definition) is 0. The van der Waals surface area contributed by atoms with Gasteiger partial charge in [-0.25, -0.2) is 0 Å². The van der Waals surface area contributed by atoms with Gasteiger partial charge in [-0.15, -0.1) is 0 Å². The normalized spacial score (nSPS) is 12.8. The molecule has 0 bridgehead atoms. The highest BCUT2D eigenvalue weighted by Crippen LogP contribution is 2.16. The van der Waals surface area contributed by atoms with Gasteiger partial charge in [0.2, 0.25) is 0 Å². The Morgan fingerprint density at radius 2 is 0.577 bits per heavy atom. The molecule has 0 aromatic rings. The Morgan fingerprint density at radius 3 is 0.944 bits per heavy atom. The number of ether oxygens (including phenoxy) is 3. The first kappa shape index (κ1) is 67.3. The van der Waals surface area contributed by atoms with Crippen molar-refractivity contribution in [3.05, 3.63) is 97.2 Å². The van der Waals surface area contributed by atoms with Crippen LogP contribution in [-0.4, -0.2) is 37.2 Å². The summed E-state index contributed by atoms with van der Waals surface area (Å²) in [6.07, 6.45) is 78.4. The summed E-state index contributed by atoms with van der Waals surface area (Å²) in [5, 5.41) is 0. The molecule has 0 amide bonds. The van der Waals surface area contributed by atoms with E-state index in [4.69, 9.17) is 14.2 Å². The molecule has 0 fully saturated rings. The highest BCUT2D eigenvalue weighted by atomic mass is 16.6. The smallest absolute Gasteiger partial charge is 0.306 e. The highest BCUT2D eigenvalue weighted by molar-refractivity contribution is 5.71. The second kappa shape index (κ2) is 58.9. The van der Waals surface area contributed by atoms with Crippen LogP contribution in [-0.2, 0) is 28.6 Å². The van der Waals surface area contributed by atoms with E-state index in [1.54, 1.807) is 0 Å². The van der Waals surface area contributed by atoms with Gasteiger partial charge in [0.1, 0.15) is 13.2 Å². The van der Waals surface area contributed by atoms with Gasteiger partial charge in [0.15, 0.2) is 6.10 Å². The number of hydrogen-bond acceptors (Lipinski definition) is 6. The lowest BCUT2D eigenvalue weighted by atomic mass is 10.0. The Bertz CT molecular complexity index is 1410. The van der Waals surface area contributed by atoms with Gasteiger partial charge in [0.25, 0.3) is 0 Å². The van der Waals surface area contributed by atoms with Gasteiger partial charge in [-0.1, -0.05) is 266 Å². The van der Waals surface area contributed by atoms with Crippen molar-refractivity contribution in [3.8, 4) is 0 Å². The van der Waals surface area contributed by atoms with Gasteiger partial charge in [0, 0.05) is 19.3 Å². The maximum Gasteiger partial charge on any atom is 0.306 e. The lowest BCUT2D eigenvalue weighted by molar-refractivity contribution is -0.166. The number of carbonyl (C=O) groups excluding carboxylic acids is 3. The minimum absolute atomic E-state index is 0.108. The number of unbranched alkanes of at least 4 members (excludes halogenated alkanes) is 26. The molecule has 406 valence electrons. The third-order valence-corrected chi connectivity index (χ3v) is 12.6. The molecule has 0 aliphatic heterocycles. The summed E-state index contributed by atoms with van der Waals surface area (Å²) in [7, 11) is 0. The molecule has 0 unspecified atom stereocenters. The monoisotopic (exact) mass is 987 g/mol. The minimum Gasteiger partial charge on any atom is -0.462 e. The summed E-state index contributed by atoms with van der Waals surface area (Å²) in [6.45, 7) is 6.45. The van der Waals surface area contributed by atoms with E-state index < -0.39 is 12.1 Å². The minimum atomic E-state index is -0.821. The Kier molecular flexibility index (Phi) is 55.9. The van der Waals surface area contributed by atoms with Crippen molar-refractivity contribution in [2.75, 3.05) is 13.2 Å². The topological polar surface area (TPSA) is 78.9 Å². The van der Waals surface area contributed by atoms with Gasteiger partial charge < -0.3 is 14.2 Å². The van der Waals surface area contributed by atoms with Crippen LogP contribution < -0.4 is 0 Å². The molecule has 1 atom stereocenters. The van der Waals surface area contributed by atoms with Gasteiger partial charge in [0.05, 0.1) is 0 Å². The molecule has 0 heterocycles. The molecule has 6 nitrogen and oxygen atoms in total. The van der Waals surface area contributed by atoms with E-state index in [9.17, 15) is 14.4 Å². The fraction of sp³-hybridized carbons (Fsp3) is 0.708. The standard InChI is InChI=1S/C65H110O6/c1-4-7-10-13-16-19-22-25-28-31-32-35-38-41-44-47-50-53-56-59-65(68)71-62(60-69-63(66)57-54-51-48-45-42-39-36-33-29-26-23-20-17-14-11-8-5-2)61-70-64(67)58-55-52-49-46-43-40-37-34-30-27-24-21-18-15-12-9-6-3/h7,10,16-17,19-20,25-26,28-29,32,35,41,44,50,53,62H,4-6,8-9,11-15,18,21-24,27,30-31,33-34,36-40,42-43,45-49,51-52,54-61H2,1-3H3/b10-7-,19-16-,20-17-,28-25-,29-26-,35-32-,44-41-,53-50-/t62-/m1/s1. The average Bonchev–Trinajstić information content (AvgIpc) is 3.37. The summed E-state index contributed by atoms with van der Waals surface area (Å²) in [6, 6.07) is 0. The van der Waals surface area contributed by atoms with Gasteiger partial charge in [-0.05, 0) is 89.9 Å². The van der Waals surface area contributed by atoms with E-state index >= 15 is 0 Å². The maximum atomic E-state index is 12.8. The van der Waals surface area contributed by atoms with E-state index in [1.807, 2.05) is 6.08 Å². The van der Waals surface area contributed by atoms with Crippen molar-refractivity contribution in [1.82, 2.24) is 0 Å². The Balaban J connectivity index is 4.50. The van der Waals surface area contributed by atoms with Gasteiger partial charge in [-0.2, -0.15) is 0 Å². The molecule has 0 aliphatic rings. The fourth-order valence-corrected chi connectivity index (χ4v) is 8.15. The zero-order valence-corrected chi connectivity index (χ0v) is 46.5. The molecule has 0 aliphatic carbocycles. The lowest BCUT2D eigenvalue weighted by Crippen LogP contribution is -2.30. The van der Waals surface area contributed by atoms with Crippen LogP contribution in [0.3, 0.4) is 0 Å². The van der Waals surface area contributed by atoms with Crippen LogP contribution in [0, 0.1) is 0 Å². The van der Waals surface area contributed by atoms with E-state index in [-0.39, 0.29) is 31.6 Å². The first-order valence-corrected chi connectivity index (χ1v) is 29.7. The molecular weight excluding hydrogens is 877 g/mol. The molecular formula is C65H110O6. The zero-order valence-electron chi connectivity index (χ0n) is 46.5. The largest absolute Gasteiger partial charge is 0.462 e. The molecule has 0 radical (unpaired) electrons. The first-order chi connectivity index (χ1) is 35.0. The number of allylic oxidation sites excluding steroid dienone is 16. The molecule has 0 spiro atoms. The summed E-state index contributed by atoms with van der Waals surface area (Å²) in [5.41, 5.74) is 0. The van der Waals surface area contributed by atoms with Crippen LogP contribution in [0.15, 0.2) is 97.2 Å². The molecule has 6 heteroatoms. The Labute approximate surface area is 438 Å². The predicted octanol–water partition coefficient (Wildman–Crippen LogP) is 20.1. The van der Waals surface area contributed by atoms with E-state index in [0.29, 0.717) is 19.3 Å². The molecule has 0 N–H and O–H groups in total. The van der Waals surface area contributed by atoms with Crippen molar-refractivity contribution in [1.29, 1.82) is 0 Å². The lowest BCUT2D eigenvalue weighted by Gasteiger charge is -2.18. The van der Waals surface area contributed by atoms with Crippen LogP contribution in [0.5, 0.6) is 0 Å². The third kappa shape index (κ3) is 57.1. The summed E-state index contributed by atoms with van der Waals surface area (Å²) in [4.78, 5) is 38.2. The van der Waals surface area contributed by atoms with Crippen LogP contribution in [0.1, 0.15) is 278 Å². The fourth-order valence-electron chi connectivity index (χ4n) is 8.15. The molecule has 0 aromatic carbocycles. The number of rotatable bonds is 53. The van der Waals surface area contributed by atoms with E-state index in [2.05, 4.69) is 112 Å². The Hall–Kier alpha value is -3.67. The molecule has 0 saturated heterocycles. The highest BCUT2D eigenvalue weighted by Gasteiger charge is 2.19. The number of esters is 3. The Morgan fingerprint density at radius 1 is 0.296 bits per heavy atom. The van der Waals surface area contributed by atoms with Crippen molar-refractivity contribution in [2.24, 2.45) is 0 Å². The van der Waals surface area contributed by atoms with Crippen molar-refractivity contribution < 1.29 is 28.6 Å². The zero-order chi connectivity index (χ0) is 51.4. The second-order valence-electron chi connectivity index (χ2n) is 19.5. The maximum absolute atomic E-state index is 12.8. The van der Waals surface area contributed by atoms with E-state index in [1.165, 1.54) is 141 Å². The average molecular weight is 988 g/mol. The van der Waals surface area contributed by atoms with Gasteiger partial charge >= 0.3 is 17.9 Å². The van der Waals surface area contributed by atoms with E-state index in [0.717, 1.165) is 89.9 Å². The molecule has 0 rings (SSSR count). The SMILES string of the molecule is CC/C=C\C/C=C\C/C=C\C/C=C\C/C=C\C/C=C\CCC(=O)O[C@H](COC(=O)CCCCCCCCC/C=C\C/C=C\CCCCC)COC(=O)CCCCCCCCCCCCCCCCCCC.